The molecular formula is C10H16N2O2S. The quantitative estimate of drug-likeness (QED) is 0.773. The number of sulfonamides is 1. The van der Waals surface area contributed by atoms with Gasteiger partial charge in [0.05, 0.1) is 11.4 Å². The van der Waals surface area contributed by atoms with Crippen LogP contribution in [0.1, 0.15) is 18.1 Å². The van der Waals surface area contributed by atoms with Crippen molar-refractivity contribution in [2.75, 3.05) is 16.2 Å². The van der Waals surface area contributed by atoms with Crippen LogP contribution in [0.25, 0.3) is 0 Å². The number of rotatable bonds is 3. The molecule has 0 unspecified atom stereocenters. The Labute approximate surface area is 90.5 Å². The minimum atomic E-state index is -3.23. The van der Waals surface area contributed by atoms with Crippen LogP contribution in [-0.4, -0.2) is 14.2 Å². The maximum absolute atomic E-state index is 11.4. The van der Waals surface area contributed by atoms with E-state index in [0.29, 0.717) is 11.4 Å². The molecule has 0 saturated carbocycles. The lowest BCUT2D eigenvalue weighted by Crippen LogP contribution is -2.15. The molecule has 0 spiro atoms. The average molecular weight is 228 g/mol. The van der Waals surface area contributed by atoms with Gasteiger partial charge in [0, 0.05) is 5.69 Å². The zero-order chi connectivity index (χ0) is 11.6. The molecule has 0 amide bonds. The van der Waals surface area contributed by atoms with Crippen LogP contribution in [0.4, 0.5) is 11.4 Å². The highest BCUT2D eigenvalue weighted by atomic mass is 32.2. The number of nitrogen functional groups attached to an aromatic ring is 1. The van der Waals surface area contributed by atoms with E-state index in [0.717, 1.165) is 11.1 Å². The molecule has 3 N–H and O–H groups in total. The monoisotopic (exact) mass is 228 g/mol. The van der Waals surface area contributed by atoms with Crippen LogP contribution in [0.15, 0.2) is 12.1 Å². The molecule has 0 atom stereocenters. The molecule has 5 heteroatoms. The summed E-state index contributed by atoms with van der Waals surface area (Å²) in [6.45, 7) is 5.33. The van der Waals surface area contributed by atoms with Gasteiger partial charge in [0.2, 0.25) is 10.0 Å². The molecule has 1 rings (SSSR count). The van der Waals surface area contributed by atoms with Crippen molar-refractivity contribution >= 4 is 21.4 Å². The molecule has 0 saturated heterocycles. The summed E-state index contributed by atoms with van der Waals surface area (Å²) in [4.78, 5) is 0. The van der Waals surface area contributed by atoms with E-state index in [9.17, 15) is 8.42 Å². The van der Waals surface area contributed by atoms with Crippen molar-refractivity contribution in [3.05, 3.63) is 23.3 Å². The fourth-order valence-electron chi connectivity index (χ4n) is 1.22. The first-order chi connectivity index (χ1) is 6.85. The van der Waals surface area contributed by atoms with Crippen LogP contribution in [0.5, 0.6) is 0 Å². The van der Waals surface area contributed by atoms with Crippen molar-refractivity contribution in [1.29, 1.82) is 0 Å². The third-order valence-electron chi connectivity index (χ3n) is 2.26. The van der Waals surface area contributed by atoms with Crippen LogP contribution in [0, 0.1) is 13.8 Å². The first-order valence-electron chi connectivity index (χ1n) is 4.73. The molecule has 84 valence electrons. The lowest BCUT2D eigenvalue weighted by Gasteiger charge is -2.11. The summed E-state index contributed by atoms with van der Waals surface area (Å²) in [5.74, 6) is 0.0558. The van der Waals surface area contributed by atoms with Gasteiger partial charge in [0.15, 0.2) is 0 Å². The minimum absolute atomic E-state index is 0.0558. The van der Waals surface area contributed by atoms with E-state index in [-0.39, 0.29) is 5.75 Å². The second-order valence-electron chi connectivity index (χ2n) is 3.53. The second-order valence-corrected chi connectivity index (χ2v) is 5.54. The van der Waals surface area contributed by atoms with Crippen molar-refractivity contribution in [1.82, 2.24) is 0 Å². The van der Waals surface area contributed by atoms with Crippen LogP contribution in [0.3, 0.4) is 0 Å². The molecule has 1 aromatic carbocycles. The van der Waals surface area contributed by atoms with Gasteiger partial charge in [-0.05, 0) is 38.0 Å². The summed E-state index contributed by atoms with van der Waals surface area (Å²) in [7, 11) is -3.23. The standard InChI is InChI=1S/C10H16N2O2S/c1-4-15(13,14)12-10-6-9(11)7(2)5-8(10)3/h5-6,12H,4,11H2,1-3H3. The Kier molecular flexibility index (Phi) is 3.24. The largest absolute Gasteiger partial charge is 0.398 e. The van der Waals surface area contributed by atoms with Gasteiger partial charge in [0.1, 0.15) is 0 Å². The molecule has 0 aliphatic carbocycles. The topological polar surface area (TPSA) is 72.2 Å². The van der Waals surface area contributed by atoms with E-state index in [2.05, 4.69) is 4.72 Å². The van der Waals surface area contributed by atoms with E-state index in [4.69, 9.17) is 5.73 Å². The molecule has 15 heavy (non-hydrogen) atoms. The molecule has 0 fully saturated rings. The van der Waals surface area contributed by atoms with Gasteiger partial charge in [-0.25, -0.2) is 8.42 Å². The smallest absolute Gasteiger partial charge is 0.232 e. The van der Waals surface area contributed by atoms with E-state index in [1.165, 1.54) is 0 Å². The van der Waals surface area contributed by atoms with E-state index in [1.54, 1.807) is 13.0 Å². The molecular weight excluding hydrogens is 212 g/mol. The van der Waals surface area contributed by atoms with Crippen LogP contribution in [0.2, 0.25) is 0 Å². The average Bonchev–Trinajstić information content (AvgIpc) is 2.14. The first kappa shape index (κ1) is 11.8. The van der Waals surface area contributed by atoms with E-state index >= 15 is 0 Å². The summed E-state index contributed by atoms with van der Waals surface area (Å²) in [5, 5.41) is 0. The van der Waals surface area contributed by atoms with Gasteiger partial charge in [-0.1, -0.05) is 6.07 Å². The molecule has 0 aliphatic heterocycles. The normalized spacial score (nSPS) is 11.4. The third-order valence-corrected chi connectivity index (χ3v) is 3.55. The number of hydrogen-bond acceptors (Lipinski definition) is 3. The summed E-state index contributed by atoms with van der Waals surface area (Å²) in [5.41, 5.74) is 8.69. The Bertz CT molecular complexity index is 467. The van der Waals surface area contributed by atoms with Gasteiger partial charge in [-0.3, -0.25) is 4.72 Å². The number of anilines is 2. The number of aryl methyl sites for hydroxylation is 2. The van der Waals surface area contributed by atoms with E-state index < -0.39 is 10.0 Å². The predicted octanol–water partition coefficient (Wildman–Crippen LogP) is 1.65. The zero-order valence-corrected chi connectivity index (χ0v) is 9.98. The summed E-state index contributed by atoms with van der Waals surface area (Å²) >= 11 is 0. The summed E-state index contributed by atoms with van der Waals surface area (Å²) in [6.07, 6.45) is 0. The molecule has 4 nitrogen and oxygen atoms in total. The molecule has 0 radical (unpaired) electrons. The Balaban J connectivity index is 3.12. The SMILES string of the molecule is CCS(=O)(=O)Nc1cc(N)c(C)cc1C. The lowest BCUT2D eigenvalue weighted by molar-refractivity contribution is 0.602. The van der Waals surface area contributed by atoms with Crippen molar-refractivity contribution in [2.45, 2.75) is 20.8 Å². The molecule has 0 aromatic heterocycles. The Morgan fingerprint density at radius 2 is 1.87 bits per heavy atom. The fourth-order valence-corrected chi connectivity index (χ4v) is 1.92. The highest BCUT2D eigenvalue weighted by Gasteiger charge is 2.09. The highest BCUT2D eigenvalue weighted by molar-refractivity contribution is 7.92. The summed E-state index contributed by atoms with van der Waals surface area (Å²) < 4.78 is 25.2. The maximum atomic E-state index is 11.4. The van der Waals surface area contributed by atoms with Crippen LogP contribution >= 0.6 is 0 Å². The third kappa shape index (κ3) is 2.86. The Morgan fingerprint density at radius 3 is 2.40 bits per heavy atom. The Morgan fingerprint density at radius 1 is 1.27 bits per heavy atom. The van der Waals surface area contributed by atoms with Gasteiger partial charge in [0.25, 0.3) is 0 Å². The molecule has 1 aromatic rings. The number of benzene rings is 1. The van der Waals surface area contributed by atoms with Gasteiger partial charge in [-0.2, -0.15) is 0 Å². The number of nitrogens with one attached hydrogen (secondary N) is 1. The van der Waals surface area contributed by atoms with Crippen molar-refractivity contribution in [2.24, 2.45) is 0 Å². The van der Waals surface area contributed by atoms with Gasteiger partial charge >= 0.3 is 0 Å². The van der Waals surface area contributed by atoms with Crippen molar-refractivity contribution < 1.29 is 8.42 Å². The second kappa shape index (κ2) is 4.10. The minimum Gasteiger partial charge on any atom is -0.398 e. The van der Waals surface area contributed by atoms with Crippen LogP contribution < -0.4 is 10.5 Å². The van der Waals surface area contributed by atoms with Gasteiger partial charge < -0.3 is 5.73 Å². The molecule has 0 bridgehead atoms. The zero-order valence-electron chi connectivity index (χ0n) is 9.16. The first-order valence-corrected chi connectivity index (χ1v) is 6.38. The highest BCUT2D eigenvalue weighted by Crippen LogP contribution is 2.23. The molecule has 0 aliphatic rings. The summed E-state index contributed by atoms with van der Waals surface area (Å²) in [6, 6.07) is 3.51. The van der Waals surface area contributed by atoms with Gasteiger partial charge in [-0.15, -0.1) is 0 Å². The molecule has 0 heterocycles. The maximum Gasteiger partial charge on any atom is 0.232 e. The van der Waals surface area contributed by atoms with Crippen molar-refractivity contribution in [3.63, 3.8) is 0 Å². The lowest BCUT2D eigenvalue weighted by atomic mass is 10.1. The Hall–Kier alpha value is -1.23. The predicted molar refractivity (Wildman–Crippen MR) is 63.4 cm³/mol. The van der Waals surface area contributed by atoms with E-state index in [1.807, 2.05) is 19.9 Å². The van der Waals surface area contributed by atoms with Crippen molar-refractivity contribution in [3.8, 4) is 0 Å². The number of hydrogen-bond donors (Lipinski definition) is 2. The fraction of sp³-hybridized carbons (Fsp3) is 0.400. The van der Waals surface area contributed by atoms with Crippen LogP contribution in [-0.2, 0) is 10.0 Å². The number of nitrogens with two attached hydrogens (primary N) is 1.